The number of ether oxygens (including phenoxy) is 1. The second kappa shape index (κ2) is 10.3. The Bertz CT molecular complexity index is 1440. The SMILES string of the molecule is Cc1cc(C)cc(NC(=O)COC(=O)[C@@H](CC(C)C)N2C(=O)[C@@H]3C4c5ccccc5C(c5ccccc54)[C@@H]3C2=O)c1. The molecule has 7 heteroatoms. The van der Waals surface area contributed by atoms with Crippen molar-refractivity contribution in [1.29, 1.82) is 0 Å². The predicted octanol–water partition coefficient (Wildman–Crippen LogP) is 5.09. The molecule has 210 valence electrons. The van der Waals surface area contributed by atoms with Crippen molar-refractivity contribution >= 4 is 29.4 Å². The maximum Gasteiger partial charge on any atom is 0.329 e. The number of anilines is 1. The van der Waals surface area contributed by atoms with E-state index in [9.17, 15) is 19.2 Å². The summed E-state index contributed by atoms with van der Waals surface area (Å²) < 4.78 is 5.46. The molecule has 0 aromatic heterocycles. The molecule has 1 aliphatic heterocycles. The standard InChI is InChI=1S/C34H34N2O5/c1-18(2)13-26(34(40)41-17-27(37)35-21-15-19(3)14-20(4)16-21)36-32(38)30-28-22-9-5-6-10-23(22)29(31(30)33(36)39)25-12-8-7-11-24(25)28/h5-12,14-16,18,26,28-31H,13,17H2,1-4H3,(H,35,37)/t26-,28?,29?,30-,31+/m1/s1. The topological polar surface area (TPSA) is 92.8 Å². The Kier molecular flexibility index (Phi) is 6.76. The van der Waals surface area contributed by atoms with Gasteiger partial charge in [-0.15, -0.1) is 0 Å². The van der Waals surface area contributed by atoms with Crippen molar-refractivity contribution in [2.24, 2.45) is 17.8 Å². The first-order chi connectivity index (χ1) is 19.7. The van der Waals surface area contributed by atoms with E-state index in [1.807, 2.05) is 94.4 Å². The lowest BCUT2D eigenvalue weighted by Crippen LogP contribution is -2.47. The highest BCUT2D eigenvalue weighted by Gasteiger charge is 2.63. The van der Waals surface area contributed by atoms with Crippen LogP contribution in [0.4, 0.5) is 5.69 Å². The van der Waals surface area contributed by atoms with Gasteiger partial charge in [-0.25, -0.2) is 4.79 Å². The van der Waals surface area contributed by atoms with Gasteiger partial charge in [0.2, 0.25) is 11.8 Å². The molecule has 7 rings (SSSR count). The van der Waals surface area contributed by atoms with Crippen LogP contribution in [-0.2, 0) is 23.9 Å². The number of hydrogen-bond donors (Lipinski definition) is 1. The molecule has 3 aromatic rings. The van der Waals surface area contributed by atoms with E-state index in [-0.39, 0.29) is 36.0 Å². The fourth-order valence-electron chi connectivity index (χ4n) is 7.24. The zero-order valence-electron chi connectivity index (χ0n) is 23.7. The van der Waals surface area contributed by atoms with Gasteiger partial charge in [0.05, 0.1) is 11.8 Å². The van der Waals surface area contributed by atoms with Gasteiger partial charge in [0.1, 0.15) is 6.04 Å². The van der Waals surface area contributed by atoms with Crippen LogP contribution in [-0.4, -0.2) is 41.2 Å². The molecular weight excluding hydrogens is 516 g/mol. The van der Waals surface area contributed by atoms with Crippen LogP contribution < -0.4 is 5.32 Å². The van der Waals surface area contributed by atoms with Crippen LogP contribution in [0.2, 0.25) is 0 Å². The number of aryl methyl sites for hydroxylation is 2. The van der Waals surface area contributed by atoms with Gasteiger partial charge in [-0.05, 0) is 71.7 Å². The molecule has 0 radical (unpaired) electrons. The van der Waals surface area contributed by atoms with Gasteiger partial charge in [-0.1, -0.05) is 68.4 Å². The fraction of sp³-hybridized carbons (Fsp3) is 0.353. The number of rotatable bonds is 7. The molecule has 3 atom stereocenters. The summed E-state index contributed by atoms with van der Waals surface area (Å²) in [6, 6.07) is 20.6. The first-order valence-corrected chi connectivity index (χ1v) is 14.2. The summed E-state index contributed by atoms with van der Waals surface area (Å²) in [5, 5.41) is 2.76. The highest BCUT2D eigenvalue weighted by atomic mass is 16.5. The van der Waals surface area contributed by atoms with Crippen LogP contribution in [0.1, 0.15) is 65.5 Å². The van der Waals surface area contributed by atoms with Crippen molar-refractivity contribution in [3.63, 3.8) is 0 Å². The van der Waals surface area contributed by atoms with E-state index < -0.39 is 36.4 Å². The van der Waals surface area contributed by atoms with E-state index in [0.29, 0.717) is 5.69 Å². The van der Waals surface area contributed by atoms with Crippen LogP contribution >= 0.6 is 0 Å². The number of imide groups is 1. The van der Waals surface area contributed by atoms with Crippen LogP contribution in [0.25, 0.3) is 0 Å². The Balaban J connectivity index is 1.26. The van der Waals surface area contributed by atoms with E-state index in [2.05, 4.69) is 5.32 Å². The quantitative estimate of drug-likeness (QED) is 0.327. The number of amides is 3. The lowest BCUT2D eigenvalue weighted by Gasteiger charge is -2.45. The minimum absolute atomic E-state index is 0.00555. The van der Waals surface area contributed by atoms with Crippen LogP contribution in [0, 0.1) is 31.6 Å². The molecule has 0 spiro atoms. The number of carbonyl (C=O) groups excluding carboxylic acids is 4. The highest BCUT2D eigenvalue weighted by molar-refractivity contribution is 6.10. The van der Waals surface area contributed by atoms with Crippen molar-refractivity contribution in [2.45, 2.75) is 52.0 Å². The van der Waals surface area contributed by atoms with Gasteiger partial charge in [0, 0.05) is 17.5 Å². The monoisotopic (exact) mass is 550 g/mol. The Morgan fingerprint density at radius 3 is 1.71 bits per heavy atom. The first kappa shape index (κ1) is 26.9. The van der Waals surface area contributed by atoms with E-state index >= 15 is 0 Å². The summed E-state index contributed by atoms with van der Waals surface area (Å²) in [4.78, 5) is 55.6. The number of likely N-dealkylation sites (tertiary alicyclic amines) is 1. The Morgan fingerprint density at radius 2 is 1.27 bits per heavy atom. The van der Waals surface area contributed by atoms with Gasteiger partial charge in [0.15, 0.2) is 6.61 Å². The molecular formula is C34H34N2O5. The van der Waals surface area contributed by atoms with Crippen LogP contribution in [0.5, 0.6) is 0 Å². The third kappa shape index (κ3) is 4.53. The van der Waals surface area contributed by atoms with Gasteiger partial charge < -0.3 is 10.1 Å². The lowest BCUT2D eigenvalue weighted by molar-refractivity contribution is -0.160. The number of nitrogens with one attached hydrogen (secondary N) is 1. The molecule has 1 saturated heterocycles. The Morgan fingerprint density at radius 1 is 0.805 bits per heavy atom. The predicted molar refractivity (Wildman–Crippen MR) is 154 cm³/mol. The van der Waals surface area contributed by atoms with E-state index in [1.54, 1.807) is 0 Å². The summed E-state index contributed by atoms with van der Waals surface area (Å²) in [7, 11) is 0. The molecule has 3 aromatic carbocycles. The van der Waals surface area contributed by atoms with Crippen molar-refractivity contribution < 1.29 is 23.9 Å². The zero-order chi connectivity index (χ0) is 29.0. The molecule has 4 aliphatic rings. The van der Waals surface area contributed by atoms with Crippen molar-refractivity contribution in [1.82, 2.24) is 4.90 Å². The van der Waals surface area contributed by atoms with Crippen LogP contribution in [0.15, 0.2) is 66.7 Å². The highest BCUT2D eigenvalue weighted by Crippen LogP contribution is 2.61. The van der Waals surface area contributed by atoms with Crippen molar-refractivity contribution in [3.05, 3.63) is 100 Å². The molecule has 1 N–H and O–H groups in total. The van der Waals surface area contributed by atoms with E-state index in [1.165, 1.54) is 0 Å². The number of esters is 1. The van der Waals surface area contributed by atoms with Gasteiger partial charge >= 0.3 is 5.97 Å². The van der Waals surface area contributed by atoms with Crippen molar-refractivity contribution in [2.75, 3.05) is 11.9 Å². The smallest absolute Gasteiger partial charge is 0.329 e. The second-order valence-corrected chi connectivity index (χ2v) is 12.0. The molecule has 3 amide bonds. The number of nitrogens with zero attached hydrogens (tertiary/aromatic N) is 1. The van der Waals surface area contributed by atoms with E-state index in [4.69, 9.17) is 4.74 Å². The maximum atomic E-state index is 14.1. The lowest BCUT2D eigenvalue weighted by atomic mass is 9.55. The number of carbonyl (C=O) groups is 4. The average Bonchev–Trinajstić information content (AvgIpc) is 3.19. The summed E-state index contributed by atoms with van der Waals surface area (Å²) in [5.74, 6) is -3.54. The minimum Gasteiger partial charge on any atom is -0.454 e. The molecule has 3 aliphatic carbocycles. The fourth-order valence-corrected chi connectivity index (χ4v) is 7.24. The third-order valence-electron chi connectivity index (χ3n) is 8.61. The zero-order valence-corrected chi connectivity index (χ0v) is 23.7. The maximum absolute atomic E-state index is 14.1. The molecule has 7 nitrogen and oxygen atoms in total. The third-order valence-corrected chi connectivity index (χ3v) is 8.61. The van der Waals surface area contributed by atoms with Crippen LogP contribution in [0.3, 0.4) is 0 Å². The normalized spacial score (nSPS) is 22.7. The minimum atomic E-state index is -1.10. The molecule has 2 bridgehead atoms. The number of hydrogen-bond acceptors (Lipinski definition) is 5. The molecule has 1 fully saturated rings. The number of benzene rings is 3. The summed E-state index contributed by atoms with van der Waals surface area (Å²) in [5.41, 5.74) is 6.92. The second-order valence-electron chi connectivity index (χ2n) is 12.0. The van der Waals surface area contributed by atoms with Crippen molar-refractivity contribution in [3.8, 4) is 0 Å². The average molecular weight is 551 g/mol. The summed E-state index contributed by atoms with van der Waals surface area (Å²) in [6.07, 6.45) is 0.254. The molecule has 41 heavy (non-hydrogen) atoms. The molecule has 0 unspecified atom stereocenters. The van der Waals surface area contributed by atoms with Gasteiger partial charge in [0.25, 0.3) is 5.91 Å². The largest absolute Gasteiger partial charge is 0.454 e. The summed E-state index contributed by atoms with van der Waals surface area (Å²) >= 11 is 0. The van der Waals surface area contributed by atoms with E-state index in [0.717, 1.165) is 38.3 Å². The Hall–Kier alpha value is -4.26. The summed E-state index contributed by atoms with van der Waals surface area (Å²) in [6.45, 7) is 7.22. The molecule has 0 saturated carbocycles. The van der Waals surface area contributed by atoms with Gasteiger partial charge in [-0.3, -0.25) is 19.3 Å². The van der Waals surface area contributed by atoms with Gasteiger partial charge in [-0.2, -0.15) is 0 Å². The Labute approximate surface area is 239 Å². The first-order valence-electron chi connectivity index (χ1n) is 14.2. The molecule has 1 heterocycles.